The number of carboxylic acid groups (broad SMARTS) is 1. The lowest BCUT2D eigenvalue weighted by molar-refractivity contribution is -0.150. The van der Waals surface area contributed by atoms with Crippen LogP contribution < -0.4 is 0 Å². The van der Waals surface area contributed by atoms with Gasteiger partial charge in [0.1, 0.15) is 5.92 Å². The minimum absolute atomic E-state index is 0.277. The highest BCUT2D eigenvalue weighted by atomic mass is 16.4. The van der Waals surface area contributed by atoms with Gasteiger partial charge in [0, 0.05) is 13.6 Å². The molecule has 4 nitrogen and oxygen atoms in total. The van der Waals surface area contributed by atoms with E-state index in [0.717, 1.165) is 19.3 Å². The van der Waals surface area contributed by atoms with E-state index in [4.69, 9.17) is 5.11 Å². The average Bonchev–Trinajstić information content (AvgIpc) is 2.18. The molecule has 0 aromatic carbocycles. The van der Waals surface area contributed by atoms with Crippen molar-refractivity contribution in [1.29, 1.82) is 0 Å². The average molecular weight is 215 g/mol. The number of carbonyl (C=O) groups is 2. The van der Waals surface area contributed by atoms with Crippen LogP contribution in [0.25, 0.3) is 0 Å². The summed E-state index contributed by atoms with van der Waals surface area (Å²) in [6, 6.07) is 0. The van der Waals surface area contributed by atoms with Crippen LogP contribution in [0.15, 0.2) is 0 Å². The Morgan fingerprint density at radius 2 is 1.87 bits per heavy atom. The molecule has 0 fully saturated rings. The van der Waals surface area contributed by atoms with Crippen molar-refractivity contribution in [2.45, 2.75) is 39.5 Å². The van der Waals surface area contributed by atoms with Gasteiger partial charge in [-0.15, -0.1) is 0 Å². The lowest BCUT2D eigenvalue weighted by Crippen LogP contribution is -2.37. The van der Waals surface area contributed by atoms with Gasteiger partial charge in [-0.3, -0.25) is 9.59 Å². The molecule has 1 atom stereocenters. The molecule has 0 heterocycles. The number of aliphatic carboxylic acids is 1. The second-order valence-corrected chi connectivity index (χ2v) is 3.77. The number of unbranched alkanes of at least 4 members (excludes halogenated alkanes) is 2. The van der Waals surface area contributed by atoms with Crippen LogP contribution in [0.4, 0.5) is 0 Å². The van der Waals surface area contributed by atoms with Crippen molar-refractivity contribution in [2.75, 3.05) is 13.6 Å². The van der Waals surface area contributed by atoms with Gasteiger partial charge in [0.15, 0.2) is 0 Å². The Morgan fingerprint density at radius 1 is 1.27 bits per heavy atom. The van der Waals surface area contributed by atoms with Crippen molar-refractivity contribution in [3.63, 3.8) is 0 Å². The summed E-state index contributed by atoms with van der Waals surface area (Å²) >= 11 is 0. The third-order valence-corrected chi connectivity index (χ3v) is 2.48. The van der Waals surface area contributed by atoms with Crippen molar-refractivity contribution in [1.82, 2.24) is 4.90 Å². The Bertz CT molecular complexity index is 216. The van der Waals surface area contributed by atoms with Crippen molar-refractivity contribution < 1.29 is 14.7 Å². The molecule has 0 bridgehead atoms. The van der Waals surface area contributed by atoms with Gasteiger partial charge in [-0.2, -0.15) is 0 Å². The molecule has 0 rings (SSSR count). The van der Waals surface area contributed by atoms with E-state index < -0.39 is 11.9 Å². The lowest BCUT2D eigenvalue weighted by atomic mass is 10.1. The van der Waals surface area contributed by atoms with Crippen molar-refractivity contribution in [3.8, 4) is 0 Å². The van der Waals surface area contributed by atoms with Crippen molar-refractivity contribution >= 4 is 11.9 Å². The highest BCUT2D eigenvalue weighted by Crippen LogP contribution is 2.08. The summed E-state index contributed by atoms with van der Waals surface area (Å²) in [5.74, 6) is -2.18. The number of carboxylic acids is 1. The fourth-order valence-electron chi connectivity index (χ4n) is 1.43. The van der Waals surface area contributed by atoms with Crippen LogP contribution in [0.2, 0.25) is 0 Å². The standard InChI is InChI=1S/C11H21NO3/c1-4-6-7-8-12(3)10(13)9(5-2)11(14)15/h9H,4-8H2,1-3H3,(H,14,15). The van der Waals surface area contributed by atoms with E-state index in [9.17, 15) is 9.59 Å². The molecule has 0 saturated carbocycles. The summed E-state index contributed by atoms with van der Waals surface area (Å²) in [4.78, 5) is 23.9. The minimum Gasteiger partial charge on any atom is -0.481 e. The monoisotopic (exact) mass is 215 g/mol. The van der Waals surface area contributed by atoms with Gasteiger partial charge >= 0.3 is 5.97 Å². The zero-order chi connectivity index (χ0) is 11.8. The first-order chi connectivity index (χ1) is 7.04. The molecular formula is C11H21NO3. The topological polar surface area (TPSA) is 57.6 Å². The van der Waals surface area contributed by atoms with Crippen LogP contribution in [0, 0.1) is 5.92 Å². The van der Waals surface area contributed by atoms with Crippen LogP contribution in [0.1, 0.15) is 39.5 Å². The van der Waals surface area contributed by atoms with Crippen molar-refractivity contribution in [2.24, 2.45) is 5.92 Å². The maximum Gasteiger partial charge on any atom is 0.316 e. The maximum atomic E-state index is 11.7. The molecule has 0 aliphatic carbocycles. The van der Waals surface area contributed by atoms with E-state index in [1.54, 1.807) is 14.0 Å². The number of hydrogen-bond donors (Lipinski definition) is 1. The molecule has 1 amide bonds. The molecule has 15 heavy (non-hydrogen) atoms. The van der Waals surface area contributed by atoms with Crippen LogP contribution in [0.5, 0.6) is 0 Å². The van der Waals surface area contributed by atoms with Gasteiger partial charge in [0.05, 0.1) is 0 Å². The van der Waals surface area contributed by atoms with Gasteiger partial charge in [0.25, 0.3) is 0 Å². The molecule has 1 N–H and O–H groups in total. The predicted octanol–water partition coefficient (Wildman–Crippen LogP) is 1.75. The second-order valence-electron chi connectivity index (χ2n) is 3.77. The van der Waals surface area contributed by atoms with Crippen LogP contribution >= 0.6 is 0 Å². The summed E-state index contributed by atoms with van der Waals surface area (Å²) in [5.41, 5.74) is 0. The van der Waals surface area contributed by atoms with Crippen LogP contribution in [-0.2, 0) is 9.59 Å². The number of rotatable bonds is 7. The maximum absolute atomic E-state index is 11.7. The highest BCUT2D eigenvalue weighted by Gasteiger charge is 2.26. The Balaban J connectivity index is 4.11. The summed E-state index contributed by atoms with van der Waals surface area (Å²) in [5, 5.41) is 8.82. The zero-order valence-electron chi connectivity index (χ0n) is 9.82. The summed E-state index contributed by atoms with van der Waals surface area (Å²) in [7, 11) is 1.67. The number of amides is 1. The molecule has 0 aromatic heterocycles. The van der Waals surface area contributed by atoms with E-state index in [0.29, 0.717) is 13.0 Å². The van der Waals surface area contributed by atoms with E-state index >= 15 is 0 Å². The first-order valence-electron chi connectivity index (χ1n) is 5.52. The normalized spacial score (nSPS) is 12.2. The lowest BCUT2D eigenvalue weighted by Gasteiger charge is -2.20. The Kier molecular flexibility index (Phi) is 6.75. The summed E-state index contributed by atoms with van der Waals surface area (Å²) < 4.78 is 0. The second kappa shape index (κ2) is 7.26. The molecule has 0 radical (unpaired) electrons. The quantitative estimate of drug-likeness (QED) is 0.520. The predicted molar refractivity (Wildman–Crippen MR) is 58.6 cm³/mol. The largest absolute Gasteiger partial charge is 0.481 e. The SMILES string of the molecule is CCCCCN(C)C(=O)C(CC)C(=O)O. The third-order valence-electron chi connectivity index (χ3n) is 2.48. The Labute approximate surface area is 91.3 Å². The third kappa shape index (κ3) is 4.81. The molecule has 1 unspecified atom stereocenters. The Morgan fingerprint density at radius 3 is 2.27 bits per heavy atom. The van der Waals surface area contributed by atoms with E-state index in [-0.39, 0.29) is 5.91 Å². The molecule has 0 spiro atoms. The van der Waals surface area contributed by atoms with Crippen molar-refractivity contribution in [3.05, 3.63) is 0 Å². The van der Waals surface area contributed by atoms with E-state index in [2.05, 4.69) is 6.92 Å². The highest BCUT2D eigenvalue weighted by molar-refractivity contribution is 5.96. The van der Waals surface area contributed by atoms with Gasteiger partial charge < -0.3 is 10.0 Å². The zero-order valence-corrected chi connectivity index (χ0v) is 9.82. The first kappa shape index (κ1) is 13.9. The number of carbonyl (C=O) groups excluding carboxylic acids is 1. The van der Waals surface area contributed by atoms with Gasteiger partial charge in [-0.05, 0) is 12.8 Å². The van der Waals surface area contributed by atoms with Gasteiger partial charge in [-0.25, -0.2) is 0 Å². The first-order valence-corrected chi connectivity index (χ1v) is 5.52. The molecule has 0 saturated heterocycles. The van der Waals surface area contributed by atoms with Gasteiger partial charge in [-0.1, -0.05) is 26.7 Å². The minimum atomic E-state index is -1.02. The summed E-state index contributed by atoms with van der Waals surface area (Å²) in [6.45, 7) is 4.46. The fraction of sp³-hybridized carbons (Fsp3) is 0.818. The molecule has 0 aliphatic rings. The molecule has 0 aromatic rings. The molecule has 4 heteroatoms. The van der Waals surface area contributed by atoms with E-state index in [1.165, 1.54) is 4.90 Å². The van der Waals surface area contributed by atoms with Crippen LogP contribution in [-0.4, -0.2) is 35.5 Å². The fourth-order valence-corrected chi connectivity index (χ4v) is 1.43. The molecular weight excluding hydrogens is 194 g/mol. The Hall–Kier alpha value is -1.06. The number of nitrogens with zero attached hydrogens (tertiary/aromatic N) is 1. The smallest absolute Gasteiger partial charge is 0.316 e. The molecule has 0 aliphatic heterocycles. The summed E-state index contributed by atoms with van der Waals surface area (Å²) in [6.07, 6.45) is 3.46. The molecule has 88 valence electrons. The van der Waals surface area contributed by atoms with Gasteiger partial charge in [0.2, 0.25) is 5.91 Å². The van der Waals surface area contributed by atoms with E-state index in [1.807, 2.05) is 0 Å². The van der Waals surface area contributed by atoms with Crippen LogP contribution in [0.3, 0.4) is 0 Å². The number of hydrogen-bond acceptors (Lipinski definition) is 2.